The summed E-state index contributed by atoms with van der Waals surface area (Å²) in [7, 11) is 0. The molecule has 0 aromatic rings. The third-order valence-electron chi connectivity index (χ3n) is 4.92. The molecule has 1 heterocycles. The minimum absolute atomic E-state index is 0.577. The molecule has 1 heteroatoms. The van der Waals surface area contributed by atoms with Crippen LogP contribution < -0.4 is 5.32 Å². The van der Waals surface area contributed by atoms with Gasteiger partial charge in [0, 0.05) is 6.04 Å². The molecule has 1 N–H and O–H groups in total. The van der Waals surface area contributed by atoms with Crippen LogP contribution >= 0.6 is 0 Å². The number of fused-ring (bicyclic) bond motifs is 1. The first-order valence-corrected chi connectivity index (χ1v) is 6.37. The van der Waals surface area contributed by atoms with Crippen molar-refractivity contribution in [2.75, 3.05) is 6.54 Å². The Morgan fingerprint density at radius 2 is 2.00 bits per heavy atom. The highest BCUT2D eigenvalue weighted by Crippen LogP contribution is 2.44. The van der Waals surface area contributed by atoms with Crippen LogP contribution in [-0.2, 0) is 0 Å². The van der Waals surface area contributed by atoms with Gasteiger partial charge in [0.2, 0.25) is 0 Å². The van der Waals surface area contributed by atoms with Crippen molar-refractivity contribution in [3.8, 4) is 0 Å². The molecule has 0 aromatic heterocycles. The second kappa shape index (κ2) is 3.84. The zero-order valence-corrected chi connectivity index (χ0v) is 9.97. The summed E-state index contributed by atoms with van der Waals surface area (Å²) >= 11 is 0. The molecule has 1 saturated carbocycles. The van der Waals surface area contributed by atoms with Crippen LogP contribution in [0, 0.1) is 17.3 Å². The van der Waals surface area contributed by atoms with Crippen molar-refractivity contribution in [3.05, 3.63) is 0 Å². The van der Waals surface area contributed by atoms with E-state index in [-0.39, 0.29) is 0 Å². The highest BCUT2D eigenvalue weighted by molar-refractivity contribution is 4.93. The van der Waals surface area contributed by atoms with Gasteiger partial charge in [-0.25, -0.2) is 0 Å². The normalized spacial score (nSPS) is 38.4. The summed E-state index contributed by atoms with van der Waals surface area (Å²) in [6.45, 7) is 8.54. The highest BCUT2D eigenvalue weighted by atomic mass is 15.0. The van der Waals surface area contributed by atoms with Gasteiger partial charge in [-0.1, -0.05) is 27.2 Å². The molecule has 0 spiro atoms. The maximum atomic E-state index is 3.65. The van der Waals surface area contributed by atoms with E-state index in [9.17, 15) is 0 Å². The molecule has 0 radical (unpaired) electrons. The third-order valence-corrected chi connectivity index (χ3v) is 4.92. The largest absolute Gasteiger partial charge is 0.314 e. The zero-order chi connectivity index (χ0) is 10.2. The van der Waals surface area contributed by atoms with Gasteiger partial charge >= 0.3 is 0 Å². The minimum atomic E-state index is 0.577. The van der Waals surface area contributed by atoms with Gasteiger partial charge in [-0.2, -0.15) is 0 Å². The lowest BCUT2D eigenvalue weighted by Gasteiger charge is -2.40. The predicted molar refractivity (Wildman–Crippen MR) is 61.3 cm³/mol. The molecule has 1 aliphatic carbocycles. The van der Waals surface area contributed by atoms with Crippen LogP contribution in [0.1, 0.15) is 52.9 Å². The van der Waals surface area contributed by atoms with Gasteiger partial charge in [0.05, 0.1) is 0 Å². The summed E-state index contributed by atoms with van der Waals surface area (Å²) in [6.07, 6.45) is 7.13. The van der Waals surface area contributed by atoms with E-state index >= 15 is 0 Å². The maximum absolute atomic E-state index is 3.65. The summed E-state index contributed by atoms with van der Waals surface area (Å²) in [5.74, 6) is 1.98. The third kappa shape index (κ3) is 1.84. The second-order valence-corrected chi connectivity index (χ2v) is 5.96. The van der Waals surface area contributed by atoms with Crippen LogP contribution in [0.3, 0.4) is 0 Å². The average molecular weight is 195 g/mol. The first-order chi connectivity index (χ1) is 6.63. The van der Waals surface area contributed by atoms with Gasteiger partial charge in [-0.05, 0) is 49.5 Å². The first-order valence-electron chi connectivity index (χ1n) is 6.37. The Morgan fingerprint density at radius 1 is 1.21 bits per heavy atom. The Bertz CT molecular complexity index is 197. The Kier molecular flexibility index (Phi) is 2.88. The van der Waals surface area contributed by atoms with E-state index in [0.717, 1.165) is 17.9 Å². The van der Waals surface area contributed by atoms with E-state index in [1.54, 1.807) is 0 Å². The van der Waals surface area contributed by atoms with E-state index in [4.69, 9.17) is 0 Å². The van der Waals surface area contributed by atoms with Gasteiger partial charge in [-0.15, -0.1) is 0 Å². The molecule has 2 fully saturated rings. The number of nitrogens with one attached hydrogen (secondary N) is 1. The Labute approximate surface area is 88.7 Å². The molecule has 1 saturated heterocycles. The fraction of sp³-hybridized carbons (Fsp3) is 1.00. The van der Waals surface area contributed by atoms with Crippen molar-refractivity contribution in [2.45, 2.75) is 58.9 Å². The lowest BCUT2D eigenvalue weighted by Crippen LogP contribution is -2.37. The van der Waals surface area contributed by atoms with Crippen LogP contribution in [0.2, 0.25) is 0 Å². The van der Waals surface area contributed by atoms with Crippen molar-refractivity contribution in [3.63, 3.8) is 0 Å². The predicted octanol–water partition coefficient (Wildman–Crippen LogP) is 3.20. The molecule has 14 heavy (non-hydrogen) atoms. The van der Waals surface area contributed by atoms with Crippen LogP contribution in [0.25, 0.3) is 0 Å². The summed E-state index contributed by atoms with van der Waals surface area (Å²) in [5.41, 5.74) is 0.577. The molecule has 0 amide bonds. The topological polar surface area (TPSA) is 12.0 Å². The SMILES string of the molecule is CCC(C)(C)C1CCC2NCCC2C1. The van der Waals surface area contributed by atoms with Crippen molar-refractivity contribution >= 4 is 0 Å². The first kappa shape index (κ1) is 10.5. The number of hydrogen-bond donors (Lipinski definition) is 1. The summed E-state index contributed by atoms with van der Waals surface area (Å²) in [4.78, 5) is 0. The van der Waals surface area contributed by atoms with E-state index in [1.807, 2.05) is 0 Å². The Morgan fingerprint density at radius 3 is 2.71 bits per heavy atom. The Balaban J connectivity index is 1.97. The van der Waals surface area contributed by atoms with Gasteiger partial charge in [0.15, 0.2) is 0 Å². The van der Waals surface area contributed by atoms with Gasteiger partial charge in [0.1, 0.15) is 0 Å². The van der Waals surface area contributed by atoms with E-state index in [1.165, 1.54) is 38.6 Å². The van der Waals surface area contributed by atoms with Crippen LogP contribution in [0.15, 0.2) is 0 Å². The second-order valence-electron chi connectivity index (χ2n) is 5.96. The van der Waals surface area contributed by atoms with Crippen LogP contribution in [0.5, 0.6) is 0 Å². The fourth-order valence-corrected chi connectivity index (χ4v) is 3.30. The van der Waals surface area contributed by atoms with Gasteiger partial charge in [-0.3, -0.25) is 0 Å². The van der Waals surface area contributed by atoms with Crippen molar-refractivity contribution < 1.29 is 0 Å². The molecular weight excluding hydrogens is 170 g/mol. The monoisotopic (exact) mass is 195 g/mol. The van der Waals surface area contributed by atoms with Crippen molar-refractivity contribution in [1.82, 2.24) is 5.32 Å². The molecule has 82 valence electrons. The van der Waals surface area contributed by atoms with Gasteiger partial charge in [0.25, 0.3) is 0 Å². The molecule has 2 rings (SSSR count). The molecule has 2 aliphatic rings. The molecule has 0 aromatic carbocycles. The fourth-order valence-electron chi connectivity index (χ4n) is 3.30. The molecule has 1 aliphatic heterocycles. The average Bonchev–Trinajstić information content (AvgIpc) is 2.64. The molecule has 0 bridgehead atoms. The summed E-state index contributed by atoms with van der Waals surface area (Å²) in [6, 6.07) is 0.874. The molecule has 1 nitrogen and oxygen atoms in total. The van der Waals surface area contributed by atoms with E-state index in [2.05, 4.69) is 26.1 Å². The quantitative estimate of drug-likeness (QED) is 0.713. The lowest BCUT2D eigenvalue weighted by molar-refractivity contribution is 0.113. The number of rotatable bonds is 2. The Hall–Kier alpha value is -0.0400. The van der Waals surface area contributed by atoms with Crippen LogP contribution in [0.4, 0.5) is 0 Å². The smallest absolute Gasteiger partial charge is 0.00960 e. The summed E-state index contributed by atoms with van der Waals surface area (Å²) in [5, 5.41) is 3.65. The van der Waals surface area contributed by atoms with Crippen LogP contribution in [-0.4, -0.2) is 12.6 Å². The summed E-state index contributed by atoms with van der Waals surface area (Å²) < 4.78 is 0. The standard InChI is InChI=1S/C13H25N/c1-4-13(2,3)11-5-6-12-10(9-11)7-8-14-12/h10-12,14H,4-9H2,1-3H3. The van der Waals surface area contributed by atoms with Gasteiger partial charge < -0.3 is 5.32 Å². The van der Waals surface area contributed by atoms with Crippen molar-refractivity contribution in [1.29, 1.82) is 0 Å². The molecule has 3 atom stereocenters. The lowest BCUT2D eigenvalue weighted by atomic mass is 9.66. The number of hydrogen-bond acceptors (Lipinski definition) is 1. The van der Waals surface area contributed by atoms with E-state index in [0.29, 0.717) is 5.41 Å². The zero-order valence-electron chi connectivity index (χ0n) is 9.97. The molecule has 3 unspecified atom stereocenters. The molecular formula is C13H25N. The maximum Gasteiger partial charge on any atom is 0.00960 e. The van der Waals surface area contributed by atoms with E-state index < -0.39 is 0 Å². The van der Waals surface area contributed by atoms with Crippen molar-refractivity contribution in [2.24, 2.45) is 17.3 Å². The highest BCUT2D eigenvalue weighted by Gasteiger charge is 2.38. The minimum Gasteiger partial charge on any atom is -0.314 e.